The van der Waals surface area contributed by atoms with Gasteiger partial charge < -0.3 is 18.9 Å². The van der Waals surface area contributed by atoms with Crippen LogP contribution in [0.5, 0.6) is 6.01 Å². The summed E-state index contributed by atoms with van der Waals surface area (Å²) in [7, 11) is 1.44. The van der Waals surface area contributed by atoms with Crippen LogP contribution in [0.25, 0.3) is 11.0 Å². The van der Waals surface area contributed by atoms with E-state index in [0.29, 0.717) is 42.5 Å². The summed E-state index contributed by atoms with van der Waals surface area (Å²) in [5, 5.41) is 0.0907. The van der Waals surface area contributed by atoms with Crippen LogP contribution < -0.4 is 9.64 Å². The third-order valence-electron chi connectivity index (χ3n) is 5.34. The highest BCUT2D eigenvalue weighted by molar-refractivity contribution is 6.35. The highest BCUT2D eigenvalue weighted by atomic mass is 35.5. The molecule has 2 aromatic heterocycles. The lowest BCUT2D eigenvalue weighted by Crippen LogP contribution is -2.30. The standard InChI is InChI=1S/C20H19ClF5N5O2/c1-9-14(10(2)28-18(27-9)32-3)30-7-4-8-31-15-11(16(20(24,25)26)33-17(22)23)5-6-12(21)13(15)29-19(30)31/h5-6,16-17H,4,7-8H2,1-3H3/t16-/m1/s1. The van der Waals surface area contributed by atoms with E-state index in [4.69, 9.17) is 16.3 Å². The summed E-state index contributed by atoms with van der Waals surface area (Å²) in [6.07, 6.45) is -7.38. The highest BCUT2D eigenvalue weighted by Gasteiger charge is 2.45. The first kappa shape index (κ1) is 23.4. The smallest absolute Gasteiger partial charge is 0.419 e. The molecule has 0 unspecified atom stereocenters. The minimum absolute atomic E-state index is 0.00471. The number of hydrogen-bond donors (Lipinski definition) is 0. The Morgan fingerprint density at radius 1 is 1.06 bits per heavy atom. The Morgan fingerprint density at radius 3 is 2.30 bits per heavy atom. The van der Waals surface area contributed by atoms with Gasteiger partial charge in [-0.15, -0.1) is 0 Å². The zero-order chi connectivity index (χ0) is 24.1. The summed E-state index contributed by atoms with van der Waals surface area (Å²) in [4.78, 5) is 14.9. The molecule has 4 rings (SSSR count). The van der Waals surface area contributed by atoms with Gasteiger partial charge in [-0.2, -0.15) is 31.9 Å². The normalized spacial score (nSPS) is 15.3. The molecule has 1 aliphatic heterocycles. The van der Waals surface area contributed by atoms with Crippen molar-refractivity contribution in [3.05, 3.63) is 34.1 Å². The average molecular weight is 492 g/mol. The van der Waals surface area contributed by atoms with Gasteiger partial charge in [-0.25, -0.2) is 4.98 Å². The van der Waals surface area contributed by atoms with Crippen molar-refractivity contribution in [3.63, 3.8) is 0 Å². The molecule has 0 amide bonds. The van der Waals surface area contributed by atoms with Crippen molar-refractivity contribution in [1.29, 1.82) is 0 Å². The van der Waals surface area contributed by atoms with Gasteiger partial charge in [-0.3, -0.25) is 0 Å². The third kappa shape index (κ3) is 4.17. The zero-order valence-electron chi connectivity index (χ0n) is 17.8. The number of nitrogens with zero attached hydrogens (tertiary/aromatic N) is 5. The summed E-state index contributed by atoms with van der Waals surface area (Å²) in [6.45, 7) is 0.684. The van der Waals surface area contributed by atoms with E-state index >= 15 is 0 Å². The maximum Gasteiger partial charge on any atom is 0.419 e. The van der Waals surface area contributed by atoms with Gasteiger partial charge >= 0.3 is 18.8 Å². The molecule has 33 heavy (non-hydrogen) atoms. The van der Waals surface area contributed by atoms with Gasteiger partial charge in [-0.1, -0.05) is 17.7 Å². The number of halogens is 6. The van der Waals surface area contributed by atoms with Gasteiger partial charge in [0, 0.05) is 18.7 Å². The molecule has 1 atom stereocenters. The van der Waals surface area contributed by atoms with Gasteiger partial charge in [0.05, 0.1) is 34.7 Å². The maximum atomic E-state index is 13.7. The number of fused-ring (bicyclic) bond motifs is 3. The molecule has 3 heterocycles. The molecule has 0 fully saturated rings. The summed E-state index contributed by atoms with van der Waals surface area (Å²) in [6, 6.07) is 2.43. The molecule has 0 bridgehead atoms. The van der Waals surface area contributed by atoms with Crippen molar-refractivity contribution in [2.45, 2.75) is 45.7 Å². The molecule has 0 N–H and O–H groups in total. The summed E-state index contributed by atoms with van der Waals surface area (Å²) in [5.41, 5.74) is 1.37. The fraction of sp³-hybridized carbons (Fsp3) is 0.450. The zero-order valence-corrected chi connectivity index (χ0v) is 18.5. The van der Waals surface area contributed by atoms with Crippen LogP contribution in [0.4, 0.5) is 33.6 Å². The quantitative estimate of drug-likeness (QED) is 0.440. The minimum Gasteiger partial charge on any atom is -0.467 e. The van der Waals surface area contributed by atoms with E-state index in [1.54, 1.807) is 18.7 Å². The summed E-state index contributed by atoms with van der Waals surface area (Å²) < 4.78 is 77.5. The highest BCUT2D eigenvalue weighted by Crippen LogP contribution is 2.44. The summed E-state index contributed by atoms with van der Waals surface area (Å²) in [5.74, 6) is 0.309. The largest absolute Gasteiger partial charge is 0.467 e. The first-order valence-electron chi connectivity index (χ1n) is 9.88. The molecule has 1 aromatic carbocycles. The van der Waals surface area contributed by atoms with E-state index < -0.39 is 24.5 Å². The molecule has 0 saturated heterocycles. The van der Waals surface area contributed by atoms with E-state index in [2.05, 4.69) is 19.7 Å². The number of aromatic nitrogens is 4. The van der Waals surface area contributed by atoms with E-state index in [0.717, 1.165) is 6.07 Å². The van der Waals surface area contributed by atoms with Crippen LogP contribution >= 0.6 is 11.6 Å². The van der Waals surface area contributed by atoms with Crippen molar-refractivity contribution in [2.75, 3.05) is 18.6 Å². The number of rotatable bonds is 5. The van der Waals surface area contributed by atoms with E-state index in [9.17, 15) is 22.0 Å². The molecule has 1 aliphatic rings. The second-order valence-corrected chi connectivity index (χ2v) is 7.86. The minimum atomic E-state index is -5.08. The lowest BCUT2D eigenvalue weighted by atomic mass is 10.1. The average Bonchev–Trinajstić information content (AvgIpc) is 3.13. The van der Waals surface area contributed by atoms with Gasteiger partial charge in [0.25, 0.3) is 0 Å². The van der Waals surface area contributed by atoms with Gasteiger partial charge in [0.1, 0.15) is 5.52 Å². The second-order valence-electron chi connectivity index (χ2n) is 7.45. The van der Waals surface area contributed by atoms with Crippen LogP contribution in [-0.4, -0.2) is 46.0 Å². The number of benzene rings is 1. The third-order valence-corrected chi connectivity index (χ3v) is 5.65. The number of aryl methyl sites for hydroxylation is 3. The molecule has 0 radical (unpaired) electrons. The molecular weight excluding hydrogens is 473 g/mol. The van der Waals surface area contributed by atoms with Gasteiger partial charge in [0.2, 0.25) is 5.95 Å². The van der Waals surface area contributed by atoms with E-state index in [1.807, 2.05) is 0 Å². The fourth-order valence-corrected chi connectivity index (χ4v) is 4.34. The monoisotopic (exact) mass is 491 g/mol. The summed E-state index contributed by atoms with van der Waals surface area (Å²) >= 11 is 6.26. The molecular formula is C20H19ClF5N5O2. The number of hydrogen-bond acceptors (Lipinski definition) is 6. The molecule has 178 valence electrons. The van der Waals surface area contributed by atoms with Crippen molar-refractivity contribution in [2.24, 2.45) is 0 Å². The Balaban J connectivity index is 1.94. The molecule has 0 aliphatic carbocycles. The molecule has 0 saturated carbocycles. The number of imidazole rings is 1. The Labute approximate surface area is 190 Å². The van der Waals surface area contributed by atoms with Crippen LogP contribution in [0.15, 0.2) is 12.1 Å². The lowest BCUT2D eigenvalue weighted by Gasteiger charge is -2.31. The molecule has 0 spiro atoms. The lowest BCUT2D eigenvalue weighted by molar-refractivity contribution is -0.276. The predicted molar refractivity (Wildman–Crippen MR) is 110 cm³/mol. The SMILES string of the molecule is COc1nc(C)c(N2CCCn3c2nc2c(Cl)ccc([C@@H](OC(F)F)C(F)(F)F)c23)c(C)n1. The van der Waals surface area contributed by atoms with Crippen LogP contribution in [-0.2, 0) is 11.3 Å². The van der Waals surface area contributed by atoms with Crippen LogP contribution in [0.1, 0.15) is 29.5 Å². The molecule has 7 nitrogen and oxygen atoms in total. The number of alkyl halides is 5. The predicted octanol–water partition coefficient (Wildman–Crippen LogP) is 5.49. The molecule has 3 aromatic rings. The first-order valence-corrected chi connectivity index (χ1v) is 10.3. The topological polar surface area (TPSA) is 65.3 Å². The Hall–Kier alpha value is -2.73. The van der Waals surface area contributed by atoms with Crippen LogP contribution in [0, 0.1) is 13.8 Å². The van der Waals surface area contributed by atoms with Crippen LogP contribution in [0.3, 0.4) is 0 Å². The van der Waals surface area contributed by atoms with Gasteiger partial charge in [-0.05, 0) is 26.3 Å². The van der Waals surface area contributed by atoms with Crippen molar-refractivity contribution >= 4 is 34.3 Å². The molecule has 13 heteroatoms. The Bertz CT molecular complexity index is 1180. The Morgan fingerprint density at radius 2 is 1.73 bits per heavy atom. The van der Waals surface area contributed by atoms with E-state index in [1.165, 1.54) is 17.7 Å². The first-order chi connectivity index (χ1) is 15.5. The fourth-order valence-electron chi connectivity index (χ4n) is 4.14. The number of methoxy groups -OCH3 is 1. The number of anilines is 2. The van der Waals surface area contributed by atoms with E-state index in [-0.39, 0.29) is 22.1 Å². The van der Waals surface area contributed by atoms with Crippen molar-refractivity contribution in [1.82, 2.24) is 19.5 Å². The van der Waals surface area contributed by atoms with Crippen molar-refractivity contribution in [3.8, 4) is 6.01 Å². The Kier molecular flexibility index (Phi) is 6.08. The number of ether oxygens (including phenoxy) is 2. The maximum absolute atomic E-state index is 13.7. The second kappa shape index (κ2) is 8.56. The van der Waals surface area contributed by atoms with Crippen molar-refractivity contribution < 1.29 is 31.4 Å². The van der Waals surface area contributed by atoms with Gasteiger partial charge in [0.15, 0.2) is 6.10 Å². The van der Waals surface area contributed by atoms with Crippen LogP contribution in [0.2, 0.25) is 5.02 Å².